The number of amides is 1. The molecule has 24 heavy (non-hydrogen) atoms. The van der Waals surface area contributed by atoms with Crippen molar-refractivity contribution in [3.8, 4) is 0 Å². The summed E-state index contributed by atoms with van der Waals surface area (Å²) in [4.78, 5) is 22.3. The minimum atomic E-state index is -0.468. The molecule has 0 atom stereocenters. The molecule has 1 amide bonds. The van der Waals surface area contributed by atoms with Gasteiger partial charge in [-0.25, -0.2) is 0 Å². The molecule has 0 saturated heterocycles. The third-order valence-electron chi connectivity index (χ3n) is 3.21. The molecule has 7 heteroatoms. The normalized spacial score (nSPS) is 10.4. The number of carbonyl (C=O) groups excluding carboxylic acids is 1. The van der Waals surface area contributed by atoms with Crippen LogP contribution in [-0.4, -0.2) is 15.9 Å². The van der Waals surface area contributed by atoms with Crippen LogP contribution in [0.1, 0.15) is 11.1 Å². The quantitative estimate of drug-likeness (QED) is 0.385. The van der Waals surface area contributed by atoms with Gasteiger partial charge < -0.3 is 5.32 Å². The molecule has 0 aliphatic heterocycles. The molecule has 2 aromatic rings. The van der Waals surface area contributed by atoms with Gasteiger partial charge in [0.25, 0.3) is 5.69 Å². The largest absolute Gasteiger partial charge is 0.332 e. The fraction of sp³-hybridized carbons (Fsp3) is 0.0588. The van der Waals surface area contributed by atoms with E-state index in [2.05, 4.69) is 10.6 Å². The summed E-state index contributed by atoms with van der Waals surface area (Å²) in [6.45, 7) is 1.61. The monoisotopic (exact) mass is 341 g/mol. The number of nitrogens with one attached hydrogen (secondary N) is 2. The van der Waals surface area contributed by atoms with Gasteiger partial charge in [0, 0.05) is 12.1 Å². The Balaban J connectivity index is 1.98. The topological polar surface area (TPSA) is 84.3 Å². The molecule has 0 saturated carbocycles. The average molecular weight is 341 g/mol. The number of anilines is 1. The summed E-state index contributed by atoms with van der Waals surface area (Å²) in [5, 5.41) is 16.3. The van der Waals surface area contributed by atoms with E-state index in [0.717, 1.165) is 5.56 Å². The van der Waals surface area contributed by atoms with Crippen LogP contribution in [0.5, 0.6) is 0 Å². The van der Waals surface area contributed by atoms with Gasteiger partial charge >= 0.3 is 0 Å². The molecule has 2 aromatic carbocycles. The predicted molar refractivity (Wildman–Crippen MR) is 97.7 cm³/mol. The van der Waals surface area contributed by atoms with Crippen molar-refractivity contribution in [3.63, 3.8) is 0 Å². The van der Waals surface area contributed by atoms with E-state index in [1.165, 1.54) is 12.1 Å². The van der Waals surface area contributed by atoms with Crippen molar-refractivity contribution in [1.82, 2.24) is 5.32 Å². The second-order valence-corrected chi connectivity index (χ2v) is 5.30. The van der Waals surface area contributed by atoms with Crippen LogP contribution >= 0.6 is 12.2 Å². The van der Waals surface area contributed by atoms with Crippen LogP contribution in [0.15, 0.2) is 54.6 Å². The fourth-order valence-electron chi connectivity index (χ4n) is 2.00. The molecule has 0 spiro atoms. The van der Waals surface area contributed by atoms with E-state index < -0.39 is 4.92 Å². The van der Waals surface area contributed by atoms with E-state index in [4.69, 9.17) is 12.2 Å². The fourth-order valence-corrected chi connectivity index (χ4v) is 2.21. The summed E-state index contributed by atoms with van der Waals surface area (Å²) in [5.41, 5.74) is 1.79. The van der Waals surface area contributed by atoms with Gasteiger partial charge in [-0.2, -0.15) is 0 Å². The molecule has 2 rings (SSSR count). The minimum absolute atomic E-state index is 0.0156. The van der Waals surface area contributed by atoms with Crippen molar-refractivity contribution in [2.24, 2.45) is 0 Å². The SMILES string of the molecule is Cc1c(NC(=S)NC(=O)/C=C/c2ccccc2)cccc1[N+](=O)[O-]. The molecule has 0 bridgehead atoms. The van der Waals surface area contributed by atoms with Crippen molar-refractivity contribution < 1.29 is 9.72 Å². The second kappa shape index (κ2) is 7.98. The molecular formula is C17H15N3O3S. The zero-order valence-electron chi connectivity index (χ0n) is 12.9. The molecule has 0 aliphatic rings. The number of rotatable bonds is 4. The van der Waals surface area contributed by atoms with E-state index in [1.807, 2.05) is 30.3 Å². The summed E-state index contributed by atoms with van der Waals surface area (Å²) in [6.07, 6.45) is 3.03. The molecule has 0 heterocycles. The predicted octanol–water partition coefficient (Wildman–Crippen LogP) is 3.43. The van der Waals surface area contributed by atoms with Gasteiger partial charge in [0.1, 0.15) is 0 Å². The standard InChI is InChI=1S/C17H15N3O3S/c1-12-14(8-5-9-15(12)20(22)23)18-17(24)19-16(21)11-10-13-6-3-2-4-7-13/h2-11H,1H3,(H2,18,19,21,24)/b11-10+. The molecule has 0 aliphatic carbocycles. The number of benzene rings is 2. The Labute approximate surface area is 144 Å². The van der Waals surface area contributed by atoms with Gasteiger partial charge in [-0.15, -0.1) is 0 Å². The maximum absolute atomic E-state index is 11.8. The third-order valence-corrected chi connectivity index (χ3v) is 3.42. The Morgan fingerprint density at radius 3 is 2.54 bits per heavy atom. The van der Waals surface area contributed by atoms with Crippen molar-refractivity contribution in [3.05, 3.63) is 75.8 Å². The van der Waals surface area contributed by atoms with E-state index in [9.17, 15) is 14.9 Å². The molecule has 6 nitrogen and oxygen atoms in total. The van der Waals surface area contributed by atoms with Crippen LogP contribution in [0, 0.1) is 17.0 Å². The highest BCUT2D eigenvalue weighted by Crippen LogP contribution is 2.24. The summed E-state index contributed by atoms with van der Waals surface area (Å²) in [5.74, 6) is -0.389. The lowest BCUT2D eigenvalue weighted by Gasteiger charge is -2.10. The van der Waals surface area contributed by atoms with Gasteiger partial charge in [-0.1, -0.05) is 36.4 Å². The average Bonchev–Trinajstić information content (AvgIpc) is 2.55. The molecule has 0 aromatic heterocycles. The molecule has 0 fully saturated rings. The highest BCUT2D eigenvalue weighted by atomic mass is 32.1. The van der Waals surface area contributed by atoms with Crippen LogP contribution in [0.3, 0.4) is 0 Å². The first-order chi connectivity index (χ1) is 11.5. The number of carbonyl (C=O) groups is 1. The maximum atomic E-state index is 11.8. The Morgan fingerprint density at radius 2 is 1.88 bits per heavy atom. The Kier molecular flexibility index (Phi) is 5.75. The van der Waals surface area contributed by atoms with Gasteiger partial charge in [-0.3, -0.25) is 20.2 Å². The zero-order valence-corrected chi connectivity index (χ0v) is 13.7. The van der Waals surface area contributed by atoms with E-state index in [0.29, 0.717) is 11.3 Å². The van der Waals surface area contributed by atoms with Crippen molar-refractivity contribution in [2.75, 3.05) is 5.32 Å². The summed E-state index contributed by atoms with van der Waals surface area (Å²) >= 11 is 5.06. The molecule has 0 radical (unpaired) electrons. The first-order valence-corrected chi connectivity index (χ1v) is 7.47. The van der Waals surface area contributed by atoms with Crippen LogP contribution in [0.25, 0.3) is 6.08 Å². The van der Waals surface area contributed by atoms with Gasteiger partial charge in [-0.05, 0) is 36.8 Å². The number of nitro groups is 1. The number of hydrogen-bond acceptors (Lipinski definition) is 4. The Hall–Kier alpha value is -3.06. The summed E-state index contributed by atoms with van der Waals surface area (Å²) in [6, 6.07) is 14.0. The Bertz CT molecular complexity index is 804. The lowest BCUT2D eigenvalue weighted by atomic mass is 10.1. The number of nitrogens with zero attached hydrogens (tertiary/aromatic N) is 1. The lowest BCUT2D eigenvalue weighted by Crippen LogP contribution is -2.33. The van der Waals surface area contributed by atoms with Crippen LogP contribution in [-0.2, 0) is 4.79 Å². The lowest BCUT2D eigenvalue weighted by molar-refractivity contribution is -0.385. The molecule has 2 N–H and O–H groups in total. The minimum Gasteiger partial charge on any atom is -0.332 e. The van der Waals surface area contributed by atoms with Crippen molar-refractivity contribution in [1.29, 1.82) is 0 Å². The first-order valence-electron chi connectivity index (χ1n) is 7.06. The van der Waals surface area contributed by atoms with Gasteiger partial charge in [0.15, 0.2) is 5.11 Å². The second-order valence-electron chi connectivity index (χ2n) is 4.89. The highest BCUT2D eigenvalue weighted by Gasteiger charge is 2.14. The van der Waals surface area contributed by atoms with Gasteiger partial charge in [0.2, 0.25) is 5.91 Å². The number of thiocarbonyl (C=S) groups is 1. The van der Waals surface area contributed by atoms with Crippen LogP contribution < -0.4 is 10.6 Å². The van der Waals surface area contributed by atoms with Crippen LogP contribution in [0.2, 0.25) is 0 Å². The first kappa shape index (κ1) is 17.3. The van der Waals surface area contributed by atoms with Gasteiger partial charge in [0.05, 0.1) is 16.2 Å². The van der Waals surface area contributed by atoms with E-state index >= 15 is 0 Å². The Morgan fingerprint density at radius 1 is 1.17 bits per heavy atom. The number of hydrogen-bond donors (Lipinski definition) is 2. The molecular weight excluding hydrogens is 326 g/mol. The maximum Gasteiger partial charge on any atom is 0.274 e. The highest BCUT2D eigenvalue weighted by molar-refractivity contribution is 7.80. The van der Waals surface area contributed by atoms with E-state index in [1.54, 1.807) is 25.1 Å². The molecule has 0 unspecified atom stereocenters. The molecule has 122 valence electrons. The van der Waals surface area contributed by atoms with E-state index in [-0.39, 0.29) is 16.7 Å². The summed E-state index contributed by atoms with van der Waals surface area (Å²) in [7, 11) is 0. The van der Waals surface area contributed by atoms with Crippen LogP contribution in [0.4, 0.5) is 11.4 Å². The summed E-state index contributed by atoms with van der Waals surface area (Å²) < 4.78 is 0. The third kappa shape index (κ3) is 4.72. The smallest absolute Gasteiger partial charge is 0.274 e. The zero-order chi connectivity index (χ0) is 17.5. The van der Waals surface area contributed by atoms with Crippen molar-refractivity contribution in [2.45, 2.75) is 6.92 Å². The number of nitro benzene ring substituents is 1. The van der Waals surface area contributed by atoms with Crippen molar-refractivity contribution >= 4 is 40.7 Å².